The first-order valence-corrected chi connectivity index (χ1v) is 7.33. The molecule has 1 saturated heterocycles. The van der Waals surface area contributed by atoms with Gasteiger partial charge in [-0.25, -0.2) is 0 Å². The van der Waals surface area contributed by atoms with Crippen LogP contribution in [0, 0.1) is 0 Å². The molecular formula is C16H25NO3. The summed E-state index contributed by atoms with van der Waals surface area (Å²) in [5.41, 5.74) is 1.34. The molecule has 0 saturated carbocycles. The Bertz CT molecular complexity index is 414. The van der Waals surface area contributed by atoms with Crippen molar-refractivity contribution in [1.82, 2.24) is 4.90 Å². The van der Waals surface area contributed by atoms with Gasteiger partial charge in [-0.3, -0.25) is 0 Å². The molecule has 112 valence electrons. The summed E-state index contributed by atoms with van der Waals surface area (Å²) in [6.45, 7) is 3.52. The normalized spacial score (nSPS) is 17.1. The summed E-state index contributed by atoms with van der Waals surface area (Å²) in [5, 5.41) is 8.88. The van der Waals surface area contributed by atoms with Crippen LogP contribution in [0.4, 0.5) is 0 Å². The van der Waals surface area contributed by atoms with Gasteiger partial charge in [0.25, 0.3) is 0 Å². The zero-order chi connectivity index (χ0) is 14.4. The first-order chi connectivity index (χ1) is 9.78. The summed E-state index contributed by atoms with van der Waals surface area (Å²) in [6.07, 6.45) is 3.21. The molecule has 0 atom stereocenters. The summed E-state index contributed by atoms with van der Waals surface area (Å²) in [7, 11) is 3.34. The Hall–Kier alpha value is -1.26. The van der Waals surface area contributed by atoms with E-state index in [0.29, 0.717) is 5.92 Å². The van der Waals surface area contributed by atoms with Crippen molar-refractivity contribution in [2.75, 3.05) is 40.5 Å². The van der Waals surface area contributed by atoms with Gasteiger partial charge in [-0.05, 0) is 56.0 Å². The van der Waals surface area contributed by atoms with Gasteiger partial charge < -0.3 is 19.5 Å². The maximum atomic E-state index is 8.88. The topological polar surface area (TPSA) is 41.9 Å². The van der Waals surface area contributed by atoms with E-state index in [9.17, 15) is 0 Å². The molecule has 2 rings (SSSR count). The molecule has 0 aliphatic carbocycles. The van der Waals surface area contributed by atoms with E-state index in [1.54, 1.807) is 14.2 Å². The molecule has 1 N–H and O–H groups in total. The molecule has 0 aromatic heterocycles. The SMILES string of the molecule is COc1ccc(C2CCN(CCCO)CC2)cc1OC. The monoisotopic (exact) mass is 279 g/mol. The van der Waals surface area contributed by atoms with Gasteiger partial charge in [0.2, 0.25) is 0 Å². The molecule has 1 heterocycles. The number of piperidine rings is 1. The second-order valence-electron chi connectivity index (χ2n) is 5.31. The molecular weight excluding hydrogens is 254 g/mol. The molecule has 1 aliphatic heterocycles. The van der Waals surface area contributed by atoms with E-state index in [-0.39, 0.29) is 6.61 Å². The molecule has 1 aliphatic rings. The fraction of sp³-hybridized carbons (Fsp3) is 0.625. The van der Waals surface area contributed by atoms with Crippen LogP contribution in [-0.4, -0.2) is 50.5 Å². The van der Waals surface area contributed by atoms with Gasteiger partial charge in [-0.2, -0.15) is 0 Å². The number of aliphatic hydroxyl groups excluding tert-OH is 1. The van der Waals surface area contributed by atoms with Gasteiger partial charge in [0.05, 0.1) is 14.2 Å². The molecule has 0 unspecified atom stereocenters. The van der Waals surface area contributed by atoms with Crippen LogP contribution < -0.4 is 9.47 Å². The van der Waals surface area contributed by atoms with E-state index < -0.39 is 0 Å². The van der Waals surface area contributed by atoms with Crippen LogP contribution in [-0.2, 0) is 0 Å². The van der Waals surface area contributed by atoms with Gasteiger partial charge in [0, 0.05) is 13.2 Å². The van der Waals surface area contributed by atoms with E-state index in [2.05, 4.69) is 17.0 Å². The van der Waals surface area contributed by atoms with E-state index in [1.165, 1.54) is 18.4 Å². The van der Waals surface area contributed by atoms with Gasteiger partial charge in [-0.1, -0.05) is 6.07 Å². The molecule has 4 nitrogen and oxygen atoms in total. The molecule has 4 heteroatoms. The molecule has 1 aromatic rings. The van der Waals surface area contributed by atoms with Gasteiger partial charge >= 0.3 is 0 Å². The highest BCUT2D eigenvalue weighted by molar-refractivity contribution is 5.44. The molecule has 1 aromatic carbocycles. The standard InChI is InChI=1S/C16H25NO3/c1-19-15-5-4-14(12-16(15)20-2)13-6-9-17(10-7-13)8-3-11-18/h4-5,12-13,18H,3,6-11H2,1-2H3. The molecule has 0 spiro atoms. The van der Waals surface area contributed by atoms with Gasteiger partial charge in [0.1, 0.15) is 0 Å². The predicted octanol–water partition coefficient (Wildman–Crippen LogP) is 2.27. The number of nitrogens with zero attached hydrogens (tertiary/aromatic N) is 1. The summed E-state index contributed by atoms with van der Waals surface area (Å²) in [6, 6.07) is 6.24. The van der Waals surface area contributed by atoms with Crippen molar-refractivity contribution in [2.45, 2.75) is 25.2 Å². The Morgan fingerprint density at radius 1 is 1.15 bits per heavy atom. The largest absolute Gasteiger partial charge is 0.493 e. The van der Waals surface area contributed by atoms with Crippen LogP contribution in [0.3, 0.4) is 0 Å². The first-order valence-electron chi connectivity index (χ1n) is 7.33. The van der Waals surface area contributed by atoms with Crippen LogP contribution in [0.2, 0.25) is 0 Å². The fourth-order valence-electron chi connectivity index (χ4n) is 2.89. The van der Waals surface area contributed by atoms with Gasteiger partial charge in [0.15, 0.2) is 11.5 Å². The van der Waals surface area contributed by atoms with Crippen LogP contribution in [0.5, 0.6) is 11.5 Å². The fourth-order valence-corrected chi connectivity index (χ4v) is 2.89. The van der Waals surface area contributed by atoms with Gasteiger partial charge in [-0.15, -0.1) is 0 Å². The molecule has 0 radical (unpaired) electrons. The first kappa shape index (κ1) is 15.1. The maximum absolute atomic E-state index is 8.88. The van der Waals surface area contributed by atoms with E-state index in [0.717, 1.165) is 37.6 Å². The van der Waals surface area contributed by atoms with Crippen molar-refractivity contribution in [3.8, 4) is 11.5 Å². The zero-order valence-corrected chi connectivity index (χ0v) is 12.5. The number of hydrogen-bond acceptors (Lipinski definition) is 4. The third kappa shape index (κ3) is 3.64. The third-order valence-corrected chi connectivity index (χ3v) is 4.10. The number of hydrogen-bond donors (Lipinski definition) is 1. The minimum Gasteiger partial charge on any atom is -0.493 e. The number of benzene rings is 1. The van der Waals surface area contributed by atoms with Crippen molar-refractivity contribution >= 4 is 0 Å². The minimum absolute atomic E-state index is 0.287. The van der Waals surface area contributed by atoms with Crippen LogP contribution in [0.25, 0.3) is 0 Å². The number of ether oxygens (including phenoxy) is 2. The zero-order valence-electron chi connectivity index (χ0n) is 12.5. The number of rotatable bonds is 6. The predicted molar refractivity (Wildman–Crippen MR) is 79.7 cm³/mol. The van der Waals surface area contributed by atoms with Crippen LogP contribution in [0.15, 0.2) is 18.2 Å². The smallest absolute Gasteiger partial charge is 0.160 e. The van der Waals surface area contributed by atoms with Crippen molar-refractivity contribution < 1.29 is 14.6 Å². The van der Waals surface area contributed by atoms with Crippen LogP contribution >= 0.6 is 0 Å². The highest BCUT2D eigenvalue weighted by Crippen LogP contribution is 2.34. The summed E-state index contributed by atoms with van der Waals surface area (Å²) in [4.78, 5) is 2.44. The quantitative estimate of drug-likeness (QED) is 0.867. The van der Waals surface area contributed by atoms with Crippen LogP contribution in [0.1, 0.15) is 30.7 Å². The lowest BCUT2D eigenvalue weighted by Gasteiger charge is -2.32. The highest BCUT2D eigenvalue weighted by Gasteiger charge is 2.21. The Morgan fingerprint density at radius 2 is 1.85 bits per heavy atom. The molecule has 0 amide bonds. The highest BCUT2D eigenvalue weighted by atomic mass is 16.5. The van der Waals surface area contributed by atoms with Crippen molar-refractivity contribution in [3.05, 3.63) is 23.8 Å². The summed E-state index contributed by atoms with van der Waals surface area (Å²) in [5.74, 6) is 2.20. The van der Waals surface area contributed by atoms with E-state index >= 15 is 0 Å². The second kappa shape index (κ2) is 7.50. The Balaban J connectivity index is 1.96. The Labute approximate surface area is 121 Å². The lowest BCUT2D eigenvalue weighted by atomic mass is 9.89. The van der Waals surface area contributed by atoms with Crippen molar-refractivity contribution in [1.29, 1.82) is 0 Å². The number of aliphatic hydroxyl groups is 1. The Morgan fingerprint density at radius 3 is 2.45 bits per heavy atom. The summed E-state index contributed by atoms with van der Waals surface area (Å²) < 4.78 is 10.7. The third-order valence-electron chi connectivity index (χ3n) is 4.10. The average molecular weight is 279 g/mol. The summed E-state index contributed by atoms with van der Waals surface area (Å²) >= 11 is 0. The number of likely N-dealkylation sites (tertiary alicyclic amines) is 1. The lowest BCUT2D eigenvalue weighted by molar-refractivity contribution is 0.187. The maximum Gasteiger partial charge on any atom is 0.160 e. The second-order valence-corrected chi connectivity index (χ2v) is 5.31. The minimum atomic E-state index is 0.287. The van der Waals surface area contributed by atoms with Crippen molar-refractivity contribution in [3.63, 3.8) is 0 Å². The lowest BCUT2D eigenvalue weighted by Crippen LogP contribution is -2.34. The molecule has 0 bridgehead atoms. The van der Waals surface area contributed by atoms with E-state index in [4.69, 9.17) is 14.6 Å². The molecule has 20 heavy (non-hydrogen) atoms. The Kier molecular flexibility index (Phi) is 5.68. The average Bonchev–Trinajstić information content (AvgIpc) is 2.52. The molecule has 1 fully saturated rings. The van der Waals surface area contributed by atoms with E-state index in [1.807, 2.05) is 6.07 Å². The number of methoxy groups -OCH3 is 2. The van der Waals surface area contributed by atoms with Crippen molar-refractivity contribution in [2.24, 2.45) is 0 Å².